The van der Waals surface area contributed by atoms with Gasteiger partial charge < -0.3 is 19.7 Å². The van der Waals surface area contributed by atoms with Crippen molar-refractivity contribution in [3.63, 3.8) is 0 Å². The number of fused-ring (bicyclic) bond motifs is 5. The Bertz CT molecular complexity index is 2030. The Kier molecular flexibility index (Phi) is 10.9. The molecule has 4 saturated carbocycles. The molecule has 56 heavy (non-hydrogen) atoms. The lowest BCUT2D eigenvalue weighted by atomic mass is 9.86. The van der Waals surface area contributed by atoms with E-state index in [0.29, 0.717) is 43.1 Å². The highest BCUT2D eigenvalue weighted by Crippen LogP contribution is 2.47. The van der Waals surface area contributed by atoms with E-state index in [0.717, 1.165) is 64.2 Å². The molecule has 0 unspecified atom stereocenters. The van der Waals surface area contributed by atoms with Gasteiger partial charge in [0.05, 0.1) is 35.0 Å². The lowest BCUT2D eigenvalue weighted by Gasteiger charge is -2.32. The van der Waals surface area contributed by atoms with E-state index in [1.807, 2.05) is 6.92 Å². The average Bonchev–Trinajstić information content (AvgIpc) is 3.96. The van der Waals surface area contributed by atoms with E-state index in [4.69, 9.17) is 14.5 Å². The largest absolute Gasteiger partial charge is 0.462 e. The topological polar surface area (TPSA) is 183 Å². The maximum Gasteiger partial charge on any atom is 0.306 e. The van der Waals surface area contributed by atoms with Crippen LogP contribution in [0.4, 0.5) is 0 Å². The molecule has 0 spiro atoms. The highest BCUT2D eigenvalue weighted by molar-refractivity contribution is 7.91. The number of sulfonamides is 1. The number of nitrogens with zero attached hydrogens (tertiary/aromatic N) is 3. The molecule has 8 rings (SSSR count). The van der Waals surface area contributed by atoms with Crippen LogP contribution >= 0.6 is 0 Å². The molecule has 3 amide bonds. The maximum atomic E-state index is 14.9. The smallest absolute Gasteiger partial charge is 0.306 e. The lowest BCUT2D eigenvalue weighted by Crippen LogP contribution is -2.57. The number of ether oxygens (including phenoxy) is 2. The van der Waals surface area contributed by atoms with E-state index >= 15 is 0 Å². The molecular weight excluding hydrogens is 739 g/mol. The fourth-order valence-corrected chi connectivity index (χ4v) is 11.4. The number of nitrogens with one attached hydrogen (secondary N) is 2. The van der Waals surface area contributed by atoms with Crippen molar-refractivity contribution in [3.05, 3.63) is 34.6 Å². The average molecular weight is 794 g/mol. The van der Waals surface area contributed by atoms with Gasteiger partial charge in [0, 0.05) is 13.0 Å². The first-order chi connectivity index (χ1) is 27.0. The molecule has 2 bridgehead atoms. The van der Waals surface area contributed by atoms with Gasteiger partial charge in [0.25, 0.3) is 17.5 Å². The third-order valence-electron chi connectivity index (χ3n) is 13.5. The second-order valence-electron chi connectivity index (χ2n) is 17.2. The van der Waals surface area contributed by atoms with E-state index in [1.54, 1.807) is 28.8 Å². The van der Waals surface area contributed by atoms with Gasteiger partial charge in [-0.1, -0.05) is 51.2 Å². The molecule has 7 atom stereocenters. The number of hydrogen-bond acceptors (Lipinski definition) is 10. The van der Waals surface area contributed by atoms with Crippen molar-refractivity contribution in [2.24, 2.45) is 23.7 Å². The molecule has 2 N–H and O–H groups in total. The Labute approximate surface area is 327 Å². The molecule has 14 nitrogen and oxygen atoms in total. The number of aromatic nitrogens is 2. The van der Waals surface area contributed by atoms with Crippen LogP contribution in [0.2, 0.25) is 0 Å². The fourth-order valence-electron chi connectivity index (χ4n) is 10.0. The zero-order valence-electron chi connectivity index (χ0n) is 32.3. The molecule has 304 valence electrons. The first-order valence-corrected chi connectivity index (χ1v) is 22.6. The molecule has 6 aliphatic rings. The molecule has 2 aliphatic heterocycles. The number of carbonyl (C=O) groups excluding carboxylic acids is 4. The van der Waals surface area contributed by atoms with Crippen LogP contribution < -0.4 is 20.3 Å². The van der Waals surface area contributed by atoms with E-state index in [2.05, 4.69) is 10.0 Å². The quantitative estimate of drug-likeness (QED) is 0.387. The second-order valence-corrected chi connectivity index (χ2v) is 19.2. The molecule has 1 aromatic carbocycles. The van der Waals surface area contributed by atoms with Crippen LogP contribution in [-0.4, -0.2) is 82.1 Å². The summed E-state index contributed by atoms with van der Waals surface area (Å²) in [6, 6.07) is 6.13. The van der Waals surface area contributed by atoms with Gasteiger partial charge in [0.15, 0.2) is 0 Å². The standard InChI is InChI=1S/C41H55N5O9S/c1-2-27-23-41(27,39(51)44-56(52,53)29-18-19-29)43-36(48)33-21-28-24-46(33)38(50)31(25-11-5-6-12-25)22-35(47)55-34-17-10-14-26(34)13-4-3-9-20-45-37(49)30-15-7-8-16-32(30)42-40(45)54-28/h7-8,15-16,25-29,31,33-34H,2-6,9-14,17-24H2,1H3,(H,43,48)(H,44,51)/t26-,27-,28-,31+,33+,34-,41-/m1/s1. The van der Waals surface area contributed by atoms with Crippen molar-refractivity contribution in [1.82, 2.24) is 24.5 Å². The van der Waals surface area contributed by atoms with Crippen molar-refractivity contribution in [3.8, 4) is 6.01 Å². The third-order valence-corrected chi connectivity index (χ3v) is 15.3. The third kappa shape index (κ3) is 7.80. The fraction of sp³-hybridized carbons (Fsp3) is 0.707. The maximum absolute atomic E-state index is 14.9. The molecule has 3 heterocycles. The highest BCUT2D eigenvalue weighted by Gasteiger charge is 2.62. The summed E-state index contributed by atoms with van der Waals surface area (Å²) in [5.41, 5.74) is -1.18. The van der Waals surface area contributed by atoms with Gasteiger partial charge in [-0.05, 0) is 94.1 Å². The summed E-state index contributed by atoms with van der Waals surface area (Å²) in [6.45, 7) is 2.25. The van der Waals surface area contributed by atoms with E-state index < -0.39 is 50.7 Å². The van der Waals surface area contributed by atoms with Crippen LogP contribution in [0, 0.1) is 23.7 Å². The van der Waals surface area contributed by atoms with E-state index in [-0.39, 0.29) is 73.1 Å². The summed E-state index contributed by atoms with van der Waals surface area (Å²) in [7, 11) is -3.87. The minimum absolute atomic E-state index is 0.00491. The molecular formula is C41H55N5O9S. The Balaban J connectivity index is 1.13. The number of para-hydroxylation sites is 1. The Morgan fingerprint density at radius 2 is 1.64 bits per heavy atom. The number of carbonyl (C=O) groups is 4. The SMILES string of the molecule is CC[C@@H]1C[C@]1(NC(=O)[C@@H]1C[C@@H]2CN1C(=O)[C@H](C1CCCC1)CC(=O)O[C@@H]1CCC[C@H]1CCCCCn1c(nc3ccccc3c1=O)O2)C(=O)NS(=O)(=O)C1CC1. The van der Waals surface area contributed by atoms with E-state index in [1.165, 1.54) is 4.90 Å². The summed E-state index contributed by atoms with van der Waals surface area (Å²) >= 11 is 0. The first kappa shape index (κ1) is 38.8. The zero-order valence-corrected chi connectivity index (χ0v) is 33.1. The molecule has 0 radical (unpaired) electrons. The second kappa shape index (κ2) is 15.7. The van der Waals surface area contributed by atoms with Crippen LogP contribution in [0.1, 0.15) is 116 Å². The Morgan fingerprint density at radius 3 is 2.39 bits per heavy atom. The number of hydrogen-bond donors (Lipinski definition) is 2. The minimum atomic E-state index is -3.87. The number of benzene rings is 1. The summed E-state index contributed by atoms with van der Waals surface area (Å²) < 4.78 is 42.1. The summed E-state index contributed by atoms with van der Waals surface area (Å²) in [5.74, 6) is -2.88. The molecule has 4 aliphatic carbocycles. The van der Waals surface area contributed by atoms with Crippen LogP contribution in [0.25, 0.3) is 10.9 Å². The summed E-state index contributed by atoms with van der Waals surface area (Å²) in [6.07, 6.45) is 10.4. The van der Waals surface area contributed by atoms with Gasteiger partial charge in [0.1, 0.15) is 23.8 Å². The van der Waals surface area contributed by atoms with Crippen LogP contribution in [0.15, 0.2) is 29.1 Å². The molecule has 2 aromatic rings. The summed E-state index contributed by atoms with van der Waals surface area (Å²) in [5, 5.41) is 2.77. The van der Waals surface area contributed by atoms with Gasteiger partial charge in [0.2, 0.25) is 21.8 Å². The lowest BCUT2D eigenvalue weighted by molar-refractivity contribution is -0.156. The van der Waals surface area contributed by atoms with Crippen molar-refractivity contribution >= 4 is 44.6 Å². The Morgan fingerprint density at radius 1 is 0.911 bits per heavy atom. The molecule has 15 heteroatoms. The highest BCUT2D eigenvalue weighted by atomic mass is 32.2. The van der Waals surface area contributed by atoms with Gasteiger partial charge in [-0.3, -0.25) is 33.3 Å². The summed E-state index contributed by atoms with van der Waals surface area (Å²) in [4.78, 5) is 76.9. The molecule has 1 aromatic heterocycles. The zero-order chi connectivity index (χ0) is 39.2. The first-order valence-electron chi connectivity index (χ1n) is 21.0. The van der Waals surface area contributed by atoms with Crippen LogP contribution in [-0.2, 0) is 40.5 Å². The van der Waals surface area contributed by atoms with Crippen molar-refractivity contribution < 1.29 is 37.1 Å². The Hall–Kier alpha value is -4.01. The number of rotatable bonds is 7. The number of amides is 3. The van der Waals surface area contributed by atoms with E-state index in [9.17, 15) is 32.4 Å². The minimum Gasteiger partial charge on any atom is -0.462 e. The number of esters is 1. The normalized spacial score (nSPS) is 31.8. The predicted molar refractivity (Wildman–Crippen MR) is 206 cm³/mol. The van der Waals surface area contributed by atoms with Crippen LogP contribution in [0.3, 0.4) is 0 Å². The van der Waals surface area contributed by atoms with Gasteiger partial charge in [-0.2, -0.15) is 4.98 Å². The van der Waals surface area contributed by atoms with Crippen molar-refractivity contribution in [2.45, 2.75) is 152 Å². The molecule has 5 fully saturated rings. The van der Waals surface area contributed by atoms with Gasteiger partial charge >= 0.3 is 5.97 Å². The predicted octanol–water partition coefficient (Wildman–Crippen LogP) is 4.12. The van der Waals surface area contributed by atoms with Gasteiger partial charge in [-0.15, -0.1) is 0 Å². The van der Waals surface area contributed by atoms with Crippen LogP contribution in [0.5, 0.6) is 6.01 Å². The van der Waals surface area contributed by atoms with Gasteiger partial charge in [-0.25, -0.2) is 8.42 Å². The van der Waals surface area contributed by atoms with Crippen molar-refractivity contribution in [2.75, 3.05) is 6.54 Å². The molecule has 1 saturated heterocycles. The van der Waals surface area contributed by atoms with Crippen molar-refractivity contribution in [1.29, 1.82) is 0 Å². The monoisotopic (exact) mass is 793 g/mol.